The molecule has 0 unspecified atom stereocenters. The van der Waals surface area contributed by atoms with E-state index >= 15 is 0 Å². The first-order valence-electron chi connectivity index (χ1n) is 4.93. The number of hydrogen-bond acceptors (Lipinski definition) is 3. The van der Waals surface area contributed by atoms with Gasteiger partial charge in [0.25, 0.3) is 0 Å². The zero-order chi connectivity index (χ0) is 12.3. The third-order valence-electron chi connectivity index (χ3n) is 2.09. The number of rotatable bonds is 3. The fourth-order valence-electron chi connectivity index (χ4n) is 1.30. The average Bonchev–Trinajstić information content (AvgIpc) is 2.27. The molecule has 5 heteroatoms. The van der Waals surface area contributed by atoms with Gasteiger partial charge in [-0.25, -0.2) is 13.8 Å². The molecule has 2 aromatic rings. The number of aromatic nitrogens is 1. The minimum absolute atomic E-state index is 0.138. The molecular weight excluding hydrogens is 226 g/mol. The molecule has 2 rings (SSSR count). The van der Waals surface area contributed by atoms with Gasteiger partial charge in [0.2, 0.25) is 0 Å². The summed E-state index contributed by atoms with van der Waals surface area (Å²) in [5.74, 6) is -0.796. The normalized spacial score (nSPS) is 10.2. The molecule has 0 saturated carbocycles. The fourth-order valence-corrected chi connectivity index (χ4v) is 1.30. The van der Waals surface area contributed by atoms with Gasteiger partial charge in [0.05, 0.1) is 0 Å². The summed E-state index contributed by atoms with van der Waals surface area (Å²) in [6.45, 7) is 0.177. The molecule has 0 aliphatic rings. The van der Waals surface area contributed by atoms with Crippen LogP contribution in [0.5, 0.6) is 5.75 Å². The van der Waals surface area contributed by atoms with E-state index in [1.807, 2.05) is 0 Å². The zero-order valence-electron chi connectivity index (χ0n) is 8.86. The minimum atomic E-state index is -0.671. The van der Waals surface area contributed by atoms with Gasteiger partial charge in [-0.15, -0.1) is 0 Å². The summed E-state index contributed by atoms with van der Waals surface area (Å²) in [6, 6.07) is 6.39. The average molecular weight is 236 g/mol. The van der Waals surface area contributed by atoms with Crippen LogP contribution in [0.3, 0.4) is 0 Å². The van der Waals surface area contributed by atoms with Gasteiger partial charge in [0, 0.05) is 30.0 Å². The Morgan fingerprint density at radius 3 is 2.41 bits per heavy atom. The first kappa shape index (κ1) is 11.3. The Morgan fingerprint density at radius 2 is 1.82 bits per heavy atom. The predicted molar refractivity (Wildman–Crippen MR) is 59.3 cm³/mol. The second-order valence-electron chi connectivity index (χ2n) is 3.49. The lowest BCUT2D eigenvalue weighted by Crippen LogP contribution is -1.98. The number of nitrogens with two attached hydrogens (primary N) is 1. The molecule has 0 amide bonds. The van der Waals surface area contributed by atoms with Crippen LogP contribution >= 0.6 is 0 Å². The van der Waals surface area contributed by atoms with Gasteiger partial charge in [-0.1, -0.05) is 6.07 Å². The summed E-state index contributed by atoms with van der Waals surface area (Å²) in [7, 11) is 0. The molecule has 0 radical (unpaired) electrons. The second-order valence-corrected chi connectivity index (χ2v) is 3.49. The van der Waals surface area contributed by atoms with Gasteiger partial charge >= 0.3 is 0 Å². The summed E-state index contributed by atoms with van der Waals surface area (Å²) < 4.78 is 30.9. The third-order valence-corrected chi connectivity index (χ3v) is 2.09. The number of nitrogens with zero attached hydrogens (tertiary/aromatic N) is 1. The molecule has 0 fully saturated rings. The molecule has 17 heavy (non-hydrogen) atoms. The number of nitrogen functional groups attached to an aromatic ring is 1. The first-order chi connectivity index (χ1) is 8.13. The molecular formula is C12H10F2N2O. The highest BCUT2D eigenvalue weighted by atomic mass is 19.1. The molecule has 1 heterocycles. The molecule has 0 saturated heterocycles. The Kier molecular flexibility index (Phi) is 3.18. The van der Waals surface area contributed by atoms with E-state index in [2.05, 4.69) is 4.98 Å². The Morgan fingerprint density at radius 1 is 1.12 bits per heavy atom. The van der Waals surface area contributed by atoms with E-state index < -0.39 is 11.6 Å². The van der Waals surface area contributed by atoms with Gasteiger partial charge in [0.15, 0.2) is 0 Å². The molecule has 0 spiro atoms. The molecule has 0 aliphatic carbocycles. The van der Waals surface area contributed by atoms with Gasteiger partial charge in [-0.05, 0) is 6.07 Å². The number of hydrogen-bond donors (Lipinski definition) is 1. The van der Waals surface area contributed by atoms with Crippen molar-refractivity contribution in [2.75, 3.05) is 5.73 Å². The highest BCUT2D eigenvalue weighted by molar-refractivity contribution is 5.29. The molecule has 0 aliphatic heterocycles. The van der Waals surface area contributed by atoms with Crippen molar-refractivity contribution in [3.05, 3.63) is 53.7 Å². The topological polar surface area (TPSA) is 48.1 Å². The highest BCUT2D eigenvalue weighted by Crippen LogP contribution is 2.16. The highest BCUT2D eigenvalue weighted by Gasteiger charge is 2.02. The first-order valence-corrected chi connectivity index (χ1v) is 4.93. The Bertz CT molecular complexity index is 494. The van der Waals surface area contributed by atoms with Crippen molar-refractivity contribution in [1.82, 2.24) is 4.98 Å². The molecule has 0 bridgehead atoms. The fraction of sp³-hybridized carbons (Fsp3) is 0.0833. The third kappa shape index (κ3) is 3.14. The predicted octanol–water partition coefficient (Wildman–Crippen LogP) is 2.52. The molecule has 3 nitrogen and oxygen atoms in total. The standard InChI is InChI=1S/C12H10F2N2O/c13-9-3-10(14)5-11(4-9)17-7-8-1-2-12(15)16-6-8/h1-6H,7H2,(H2,15,16). The maximum Gasteiger partial charge on any atom is 0.129 e. The summed E-state index contributed by atoms with van der Waals surface area (Å²) in [5.41, 5.74) is 6.19. The van der Waals surface area contributed by atoms with Crippen LogP contribution in [-0.2, 0) is 6.61 Å². The van der Waals surface area contributed by atoms with Crippen LogP contribution in [0.1, 0.15) is 5.56 Å². The molecule has 1 aromatic heterocycles. The Hall–Kier alpha value is -2.17. The number of ether oxygens (including phenoxy) is 1. The maximum absolute atomic E-state index is 12.9. The van der Waals surface area contributed by atoms with Crippen molar-refractivity contribution in [3.63, 3.8) is 0 Å². The van der Waals surface area contributed by atoms with Crippen molar-refractivity contribution in [2.24, 2.45) is 0 Å². The van der Waals surface area contributed by atoms with Crippen molar-refractivity contribution < 1.29 is 13.5 Å². The second kappa shape index (κ2) is 4.78. The van der Waals surface area contributed by atoms with Crippen LogP contribution in [0.15, 0.2) is 36.5 Å². The van der Waals surface area contributed by atoms with E-state index in [0.717, 1.165) is 23.8 Å². The van der Waals surface area contributed by atoms with E-state index in [-0.39, 0.29) is 12.4 Å². The lowest BCUT2D eigenvalue weighted by molar-refractivity contribution is 0.302. The Labute approximate surface area is 96.9 Å². The van der Waals surface area contributed by atoms with Gasteiger partial charge in [-0.3, -0.25) is 0 Å². The summed E-state index contributed by atoms with van der Waals surface area (Å²) in [4.78, 5) is 3.88. The Balaban J connectivity index is 2.04. The number of pyridine rings is 1. The smallest absolute Gasteiger partial charge is 0.129 e. The van der Waals surface area contributed by atoms with E-state index in [4.69, 9.17) is 10.5 Å². The van der Waals surface area contributed by atoms with Crippen molar-refractivity contribution in [1.29, 1.82) is 0 Å². The number of anilines is 1. The van der Waals surface area contributed by atoms with Crippen LogP contribution in [0.2, 0.25) is 0 Å². The van der Waals surface area contributed by atoms with Crippen LogP contribution in [0.25, 0.3) is 0 Å². The molecule has 2 N–H and O–H groups in total. The van der Waals surface area contributed by atoms with Crippen molar-refractivity contribution in [3.8, 4) is 5.75 Å². The lowest BCUT2D eigenvalue weighted by atomic mass is 10.3. The monoisotopic (exact) mass is 236 g/mol. The molecule has 0 atom stereocenters. The van der Waals surface area contributed by atoms with Gasteiger partial charge < -0.3 is 10.5 Å². The minimum Gasteiger partial charge on any atom is -0.489 e. The SMILES string of the molecule is Nc1ccc(COc2cc(F)cc(F)c2)cn1. The van der Waals surface area contributed by atoms with Crippen LogP contribution < -0.4 is 10.5 Å². The van der Waals surface area contributed by atoms with Gasteiger partial charge in [-0.2, -0.15) is 0 Å². The van der Waals surface area contributed by atoms with Crippen LogP contribution in [0, 0.1) is 11.6 Å². The van der Waals surface area contributed by atoms with Crippen LogP contribution in [0.4, 0.5) is 14.6 Å². The number of benzene rings is 1. The van der Waals surface area contributed by atoms with Crippen LogP contribution in [-0.4, -0.2) is 4.98 Å². The van der Waals surface area contributed by atoms with Gasteiger partial charge in [0.1, 0.15) is 29.8 Å². The summed E-state index contributed by atoms with van der Waals surface area (Å²) >= 11 is 0. The lowest BCUT2D eigenvalue weighted by Gasteiger charge is -2.06. The van der Waals surface area contributed by atoms with E-state index in [1.165, 1.54) is 0 Å². The van der Waals surface area contributed by atoms with E-state index in [9.17, 15) is 8.78 Å². The zero-order valence-corrected chi connectivity index (χ0v) is 8.86. The maximum atomic E-state index is 12.9. The van der Waals surface area contributed by atoms with E-state index in [0.29, 0.717) is 5.82 Å². The molecule has 1 aromatic carbocycles. The van der Waals surface area contributed by atoms with Crippen molar-refractivity contribution >= 4 is 5.82 Å². The van der Waals surface area contributed by atoms with E-state index in [1.54, 1.807) is 18.3 Å². The number of halogens is 2. The molecule has 88 valence electrons. The summed E-state index contributed by atoms with van der Waals surface area (Å²) in [5, 5.41) is 0. The summed E-state index contributed by atoms with van der Waals surface area (Å²) in [6.07, 6.45) is 1.55. The quantitative estimate of drug-likeness (QED) is 0.890. The largest absolute Gasteiger partial charge is 0.489 e. The van der Waals surface area contributed by atoms with Crippen molar-refractivity contribution in [2.45, 2.75) is 6.61 Å².